The minimum atomic E-state index is -1.51. The van der Waals surface area contributed by atoms with E-state index < -0.39 is 17.4 Å². The average Bonchev–Trinajstić information content (AvgIpc) is 3.11. The number of benzene rings is 2. The molecule has 5 nitrogen and oxygen atoms in total. The molecule has 0 aromatic heterocycles. The Kier molecular flexibility index (Phi) is 5.14. The van der Waals surface area contributed by atoms with Gasteiger partial charge in [-0.05, 0) is 43.0 Å². The summed E-state index contributed by atoms with van der Waals surface area (Å²) in [6.45, 7) is 4.19. The van der Waals surface area contributed by atoms with E-state index in [2.05, 4.69) is 0 Å². The van der Waals surface area contributed by atoms with Crippen LogP contribution in [0.1, 0.15) is 37.3 Å². The highest BCUT2D eigenvalue weighted by atomic mass is 16.6. The summed E-state index contributed by atoms with van der Waals surface area (Å²) in [6, 6.07) is 17.3. The first-order chi connectivity index (χ1) is 14.1. The first-order valence-electron chi connectivity index (χ1n) is 9.98. The van der Waals surface area contributed by atoms with E-state index in [1.165, 1.54) is 0 Å². The van der Waals surface area contributed by atoms with Crippen molar-refractivity contribution in [3.63, 3.8) is 0 Å². The highest BCUT2D eigenvalue weighted by molar-refractivity contribution is 6.14. The molecule has 1 atom stereocenters. The second-order valence-corrected chi connectivity index (χ2v) is 7.20. The van der Waals surface area contributed by atoms with Gasteiger partial charge >= 0.3 is 11.9 Å². The summed E-state index contributed by atoms with van der Waals surface area (Å²) in [5.41, 5.74) is 1.89. The summed E-state index contributed by atoms with van der Waals surface area (Å²) in [4.78, 5) is 26.6. The molecule has 29 heavy (non-hydrogen) atoms. The molecule has 1 heterocycles. The Morgan fingerprint density at radius 2 is 1.59 bits per heavy atom. The molecule has 0 fully saturated rings. The lowest BCUT2D eigenvalue weighted by Gasteiger charge is -2.28. The number of carbonyl (C=O) groups excluding carboxylic acids is 2. The third kappa shape index (κ3) is 3.01. The Labute approximate surface area is 170 Å². The van der Waals surface area contributed by atoms with Gasteiger partial charge in [-0.3, -0.25) is 9.59 Å². The normalized spacial score (nSPS) is 19.0. The van der Waals surface area contributed by atoms with Crippen molar-refractivity contribution in [2.75, 3.05) is 19.8 Å². The van der Waals surface area contributed by atoms with Crippen LogP contribution in [0, 0.1) is 5.41 Å². The summed E-state index contributed by atoms with van der Waals surface area (Å²) in [5.74, 6) is -0.436. The third-order valence-corrected chi connectivity index (χ3v) is 5.67. The fourth-order valence-corrected chi connectivity index (χ4v) is 4.50. The van der Waals surface area contributed by atoms with E-state index in [1.807, 2.05) is 54.6 Å². The van der Waals surface area contributed by atoms with Crippen LogP contribution in [0.15, 0.2) is 60.2 Å². The van der Waals surface area contributed by atoms with Gasteiger partial charge in [0.2, 0.25) is 0 Å². The zero-order valence-corrected chi connectivity index (χ0v) is 16.6. The number of carbonyl (C=O) groups is 2. The van der Waals surface area contributed by atoms with Crippen LogP contribution in [-0.4, -0.2) is 31.8 Å². The number of hydrogen-bond acceptors (Lipinski definition) is 5. The quantitative estimate of drug-likeness (QED) is 0.565. The summed E-state index contributed by atoms with van der Waals surface area (Å²) in [6.07, 6.45) is 0.282. The first-order valence-corrected chi connectivity index (χ1v) is 9.98. The lowest BCUT2D eigenvalue weighted by atomic mass is 9.76. The maximum absolute atomic E-state index is 13.3. The predicted octanol–water partition coefficient (Wildman–Crippen LogP) is 4.13. The van der Waals surface area contributed by atoms with Crippen molar-refractivity contribution in [2.45, 2.75) is 26.2 Å². The van der Waals surface area contributed by atoms with E-state index in [0.29, 0.717) is 12.2 Å². The van der Waals surface area contributed by atoms with Gasteiger partial charge in [-0.2, -0.15) is 0 Å². The van der Waals surface area contributed by atoms with E-state index in [9.17, 15) is 9.59 Å². The van der Waals surface area contributed by atoms with Crippen LogP contribution in [0.25, 0.3) is 5.57 Å². The molecule has 2 aromatic rings. The van der Waals surface area contributed by atoms with Crippen molar-refractivity contribution in [3.8, 4) is 5.75 Å². The van der Waals surface area contributed by atoms with Crippen LogP contribution >= 0.6 is 0 Å². The second kappa shape index (κ2) is 7.74. The lowest BCUT2D eigenvalue weighted by Crippen LogP contribution is -2.42. The summed E-state index contributed by atoms with van der Waals surface area (Å²) < 4.78 is 16.9. The first kappa shape index (κ1) is 19.2. The summed E-state index contributed by atoms with van der Waals surface area (Å²) in [5, 5.41) is 0. The van der Waals surface area contributed by atoms with Crippen molar-refractivity contribution in [2.24, 2.45) is 5.41 Å². The largest absolute Gasteiger partial charge is 0.489 e. The number of para-hydroxylation sites is 1. The maximum Gasteiger partial charge on any atom is 0.328 e. The minimum absolute atomic E-state index is 0.107. The molecule has 0 saturated carbocycles. The van der Waals surface area contributed by atoms with E-state index in [-0.39, 0.29) is 25.6 Å². The van der Waals surface area contributed by atoms with E-state index in [1.54, 1.807) is 13.8 Å². The Morgan fingerprint density at radius 1 is 0.966 bits per heavy atom. The molecule has 0 spiro atoms. The van der Waals surface area contributed by atoms with Crippen LogP contribution in [-0.2, 0) is 19.1 Å². The Bertz CT molecular complexity index is 942. The molecule has 5 heteroatoms. The molecule has 0 N–H and O–H groups in total. The molecule has 0 radical (unpaired) electrons. The van der Waals surface area contributed by atoms with E-state index >= 15 is 0 Å². The number of hydrogen-bond donors (Lipinski definition) is 0. The van der Waals surface area contributed by atoms with Gasteiger partial charge in [0.05, 0.1) is 13.2 Å². The van der Waals surface area contributed by atoms with Gasteiger partial charge in [0.1, 0.15) is 12.4 Å². The molecular weight excluding hydrogens is 368 g/mol. The lowest BCUT2D eigenvalue weighted by molar-refractivity contribution is -0.167. The van der Waals surface area contributed by atoms with Gasteiger partial charge in [-0.15, -0.1) is 0 Å². The number of esters is 2. The molecule has 2 aliphatic rings. The van der Waals surface area contributed by atoms with Crippen LogP contribution in [0.3, 0.4) is 0 Å². The predicted molar refractivity (Wildman–Crippen MR) is 108 cm³/mol. The van der Waals surface area contributed by atoms with Gasteiger partial charge in [0.25, 0.3) is 0 Å². The highest BCUT2D eigenvalue weighted by Crippen LogP contribution is 2.58. The molecule has 2 aromatic carbocycles. The molecular formula is C24H24O5. The van der Waals surface area contributed by atoms with E-state index in [0.717, 1.165) is 22.4 Å². The van der Waals surface area contributed by atoms with Crippen molar-refractivity contribution in [3.05, 3.63) is 71.3 Å². The minimum Gasteiger partial charge on any atom is -0.489 e. The van der Waals surface area contributed by atoms with Crippen LogP contribution in [0.5, 0.6) is 5.75 Å². The van der Waals surface area contributed by atoms with Gasteiger partial charge < -0.3 is 14.2 Å². The van der Waals surface area contributed by atoms with Gasteiger partial charge in [0, 0.05) is 11.5 Å². The molecule has 150 valence electrons. The second-order valence-electron chi connectivity index (χ2n) is 7.20. The third-order valence-electron chi connectivity index (χ3n) is 5.67. The topological polar surface area (TPSA) is 61.8 Å². The smallest absolute Gasteiger partial charge is 0.328 e. The monoisotopic (exact) mass is 392 g/mol. The zero-order valence-electron chi connectivity index (χ0n) is 16.6. The number of ether oxygens (including phenoxy) is 3. The summed E-state index contributed by atoms with van der Waals surface area (Å²) in [7, 11) is 0. The molecule has 1 aliphatic carbocycles. The molecule has 0 saturated heterocycles. The SMILES string of the molecule is CCOC(=O)C1(C(=O)OCC)CC2C(=C1c1ccccc1)COc1ccccc12. The zero-order chi connectivity index (χ0) is 20.4. The van der Waals surface area contributed by atoms with E-state index in [4.69, 9.17) is 14.2 Å². The van der Waals surface area contributed by atoms with Crippen molar-refractivity contribution in [1.82, 2.24) is 0 Å². The van der Waals surface area contributed by atoms with Crippen molar-refractivity contribution < 1.29 is 23.8 Å². The molecule has 1 unspecified atom stereocenters. The maximum atomic E-state index is 13.3. The molecule has 4 rings (SSSR count). The average molecular weight is 392 g/mol. The molecule has 0 bridgehead atoms. The van der Waals surface area contributed by atoms with Crippen molar-refractivity contribution in [1.29, 1.82) is 0 Å². The fourth-order valence-electron chi connectivity index (χ4n) is 4.50. The Balaban J connectivity index is 1.96. The number of fused-ring (bicyclic) bond motifs is 3. The fraction of sp³-hybridized carbons (Fsp3) is 0.333. The summed E-state index contributed by atoms with van der Waals surface area (Å²) >= 11 is 0. The standard InChI is InChI=1S/C24H24O5/c1-3-27-22(25)24(23(26)28-4-2)14-18-17-12-8-9-13-20(17)29-15-19(18)21(24)16-10-6-5-7-11-16/h5-13,18H,3-4,14-15H2,1-2H3. The molecule has 0 amide bonds. The molecule has 1 aliphatic heterocycles. The van der Waals surface area contributed by atoms with Crippen molar-refractivity contribution >= 4 is 17.5 Å². The van der Waals surface area contributed by atoms with Crippen LogP contribution < -0.4 is 4.74 Å². The Morgan fingerprint density at radius 3 is 2.24 bits per heavy atom. The van der Waals surface area contributed by atoms with Gasteiger partial charge in [-0.25, -0.2) is 0 Å². The van der Waals surface area contributed by atoms with Gasteiger partial charge in [0.15, 0.2) is 5.41 Å². The van der Waals surface area contributed by atoms with Gasteiger partial charge in [-0.1, -0.05) is 48.5 Å². The van der Waals surface area contributed by atoms with Crippen LogP contribution in [0.2, 0.25) is 0 Å². The Hall–Kier alpha value is -3.08. The number of rotatable bonds is 5. The highest BCUT2D eigenvalue weighted by Gasteiger charge is 2.60. The van der Waals surface area contributed by atoms with Crippen LogP contribution in [0.4, 0.5) is 0 Å².